The van der Waals surface area contributed by atoms with E-state index < -0.39 is 12.1 Å². The standard InChI is InChI=1S/C22H20Br2ClN3O5/c1-5-17-27-15-7-6-13(23)9-14(15)21(29)28(17)26-10-12-8-16(31-3)20(19(25)18(12)24)33-11(2)22(30)32-4/h6-11H,5H2,1-4H3/t11-/m0/s1. The maximum absolute atomic E-state index is 13.1. The smallest absolute Gasteiger partial charge is 0.346 e. The van der Waals surface area contributed by atoms with Gasteiger partial charge in [0.2, 0.25) is 0 Å². The number of aromatic nitrogens is 2. The molecule has 1 atom stereocenters. The van der Waals surface area contributed by atoms with Gasteiger partial charge in [-0.2, -0.15) is 9.78 Å². The Hall–Kier alpha value is -2.43. The van der Waals surface area contributed by atoms with Crippen LogP contribution in [0.5, 0.6) is 11.5 Å². The Kier molecular flexibility index (Phi) is 8.14. The molecular weight excluding hydrogens is 582 g/mol. The molecule has 0 spiro atoms. The lowest BCUT2D eigenvalue weighted by Crippen LogP contribution is -2.25. The summed E-state index contributed by atoms with van der Waals surface area (Å²) < 4.78 is 18.2. The van der Waals surface area contributed by atoms with Gasteiger partial charge in [0.25, 0.3) is 5.56 Å². The van der Waals surface area contributed by atoms with Crippen molar-refractivity contribution in [1.29, 1.82) is 0 Å². The Labute approximate surface area is 211 Å². The third kappa shape index (κ3) is 5.23. The minimum atomic E-state index is -0.901. The molecule has 0 bridgehead atoms. The quantitative estimate of drug-likeness (QED) is 0.281. The molecule has 2 aromatic carbocycles. The fourth-order valence-electron chi connectivity index (χ4n) is 3.01. The Morgan fingerprint density at radius 3 is 2.67 bits per heavy atom. The van der Waals surface area contributed by atoms with Gasteiger partial charge in [0.05, 0.1) is 31.3 Å². The highest BCUT2D eigenvalue weighted by Gasteiger charge is 2.22. The number of aryl methyl sites for hydroxylation is 1. The molecule has 0 saturated heterocycles. The van der Waals surface area contributed by atoms with Crippen LogP contribution in [-0.4, -0.2) is 42.2 Å². The third-order valence-corrected chi connectivity index (χ3v) is 6.64. The molecule has 0 N–H and O–H groups in total. The highest BCUT2D eigenvalue weighted by atomic mass is 79.9. The predicted octanol–water partition coefficient (Wildman–Crippen LogP) is 4.97. The number of carbonyl (C=O) groups is 1. The fraction of sp³-hybridized carbons (Fsp3) is 0.273. The number of rotatable bonds is 7. The second-order valence-electron chi connectivity index (χ2n) is 6.81. The second-order valence-corrected chi connectivity index (χ2v) is 8.90. The SMILES string of the molecule is CCc1nc2ccc(Br)cc2c(=O)n1N=Cc1cc(OC)c(O[C@@H](C)C(=O)OC)c(Cl)c1Br. The summed E-state index contributed by atoms with van der Waals surface area (Å²) in [6.45, 7) is 3.43. The minimum Gasteiger partial charge on any atom is -0.493 e. The summed E-state index contributed by atoms with van der Waals surface area (Å²) in [5.41, 5.74) is 0.826. The first-order valence-electron chi connectivity index (χ1n) is 9.77. The van der Waals surface area contributed by atoms with E-state index in [2.05, 4.69) is 46.7 Å². The molecule has 11 heteroatoms. The number of benzene rings is 2. The number of nitrogens with zero attached hydrogens (tertiary/aromatic N) is 3. The van der Waals surface area contributed by atoms with Gasteiger partial charge in [0.1, 0.15) is 10.8 Å². The first-order chi connectivity index (χ1) is 15.7. The van der Waals surface area contributed by atoms with Gasteiger partial charge in [-0.05, 0) is 47.1 Å². The van der Waals surface area contributed by atoms with Crippen LogP contribution in [0.4, 0.5) is 0 Å². The van der Waals surface area contributed by atoms with Crippen molar-refractivity contribution in [2.45, 2.75) is 26.4 Å². The topological polar surface area (TPSA) is 92.0 Å². The van der Waals surface area contributed by atoms with Gasteiger partial charge in [-0.3, -0.25) is 4.79 Å². The van der Waals surface area contributed by atoms with Crippen LogP contribution in [0.2, 0.25) is 5.02 Å². The first kappa shape index (κ1) is 25.2. The van der Waals surface area contributed by atoms with Crippen molar-refractivity contribution >= 4 is 66.5 Å². The van der Waals surface area contributed by atoms with Crippen LogP contribution in [0.1, 0.15) is 25.2 Å². The monoisotopic (exact) mass is 599 g/mol. The van der Waals surface area contributed by atoms with Crippen LogP contribution in [0.25, 0.3) is 10.9 Å². The lowest BCUT2D eigenvalue weighted by atomic mass is 10.2. The van der Waals surface area contributed by atoms with Crippen molar-refractivity contribution < 1.29 is 19.0 Å². The number of carbonyl (C=O) groups excluding carboxylic acids is 1. The van der Waals surface area contributed by atoms with Crippen LogP contribution < -0.4 is 15.0 Å². The van der Waals surface area contributed by atoms with Crippen molar-refractivity contribution in [2.75, 3.05) is 14.2 Å². The summed E-state index contributed by atoms with van der Waals surface area (Å²) in [6.07, 6.45) is 1.07. The van der Waals surface area contributed by atoms with E-state index in [1.807, 2.05) is 13.0 Å². The van der Waals surface area contributed by atoms with Crippen molar-refractivity contribution in [2.24, 2.45) is 5.10 Å². The minimum absolute atomic E-state index is 0.171. The first-order valence-corrected chi connectivity index (χ1v) is 11.7. The summed E-state index contributed by atoms with van der Waals surface area (Å²) in [6, 6.07) is 6.95. The van der Waals surface area contributed by atoms with Crippen LogP contribution >= 0.6 is 43.5 Å². The molecule has 8 nitrogen and oxygen atoms in total. The van der Waals surface area contributed by atoms with Gasteiger partial charge in [-0.1, -0.05) is 34.5 Å². The number of ether oxygens (including phenoxy) is 3. The molecule has 0 unspecified atom stereocenters. The summed E-state index contributed by atoms with van der Waals surface area (Å²) in [5.74, 6) is 0.401. The Balaban J connectivity index is 2.08. The zero-order valence-electron chi connectivity index (χ0n) is 18.2. The van der Waals surface area contributed by atoms with Crippen molar-refractivity contribution in [1.82, 2.24) is 9.66 Å². The Morgan fingerprint density at radius 2 is 2.03 bits per heavy atom. The molecule has 0 saturated carbocycles. The molecule has 0 radical (unpaired) electrons. The molecule has 0 aliphatic carbocycles. The number of esters is 1. The Bertz CT molecular complexity index is 1310. The van der Waals surface area contributed by atoms with Gasteiger partial charge in [-0.15, -0.1) is 0 Å². The van der Waals surface area contributed by atoms with E-state index in [9.17, 15) is 9.59 Å². The fourth-order valence-corrected chi connectivity index (χ4v) is 4.02. The molecular formula is C22H20Br2ClN3O5. The van der Waals surface area contributed by atoms with Gasteiger partial charge in [0.15, 0.2) is 17.6 Å². The van der Waals surface area contributed by atoms with Gasteiger partial charge in [-0.25, -0.2) is 9.78 Å². The van der Waals surface area contributed by atoms with Crippen LogP contribution in [0, 0.1) is 0 Å². The van der Waals surface area contributed by atoms with E-state index >= 15 is 0 Å². The number of hydrogen-bond donors (Lipinski definition) is 0. The van der Waals surface area contributed by atoms with Crippen molar-refractivity contribution in [3.05, 3.63) is 60.0 Å². The van der Waals surface area contributed by atoms with E-state index in [0.717, 1.165) is 4.47 Å². The number of methoxy groups -OCH3 is 2. The molecule has 1 heterocycles. The number of hydrogen-bond acceptors (Lipinski definition) is 7. The normalized spacial score (nSPS) is 12.2. The largest absolute Gasteiger partial charge is 0.493 e. The molecule has 0 aliphatic heterocycles. The van der Waals surface area contributed by atoms with Crippen LogP contribution in [0.15, 0.2) is 43.1 Å². The van der Waals surface area contributed by atoms with Crippen molar-refractivity contribution in [3.63, 3.8) is 0 Å². The van der Waals surface area contributed by atoms with Gasteiger partial charge < -0.3 is 14.2 Å². The van der Waals surface area contributed by atoms with Crippen LogP contribution in [0.3, 0.4) is 0 Å². The lowest BCUT2D eigenvalue weighted by molar-refractivity contribution is -0.147. The average Bonchev–Trinajstić information content (AvgIpc) is 2.81. The second kappa shape index (κ2) is 10.7. The molecule has 0 fully saturated rings. The summed E-state index contributed by atoms with van der Waals surface area (Å²) >= 11 is 13.3. The predicted molar refractivity (Wildman–Crippen MR) is 134 cm³/mol. The zero-order chi connectivity index (χ0) is 24.3. The molecule has 3 rings (SSSR count). The average molecular weight is 602 g/mol. The maximum atomic E-state index is 13.1. The van der Waals surface area contributed by atoms with E-state index in [1.54, 1.807) is 18.2 Å². The van der Waals surface area contributed by atoms with E-state index in [0.29, 0.717) is 33.2 Å². The van der Waals surface area contributed by atoms with Gasteiger partial charge in [0, 0.05) is 20.9 Å². The molecule has 0 aliphatic rings. The highest BCUT2D eigenvalue weighted by Crippen LogP contribution is 2.42. The summed E-state index contributed by atoms with van der Waals surface area (Å²) in [5, 5.41) is 4.99. The third-order valence-electron chi connectivity index (χ3n) is 4.71. The zero-order valence-corrected chi connectivity index (χ0v) is 22.1. The molecule has 33 heavy (non-hydrogen) atoms. The lowest BCUT2D eigenvalue weighted by Gasteiger charge is -2.18. The number of fused-ring (bicyclic) bond motifs is 1. The molecule has 3 aromatic rings. The molecule has 1 aromatic heterocycles. The highest BCUT2D eigenvalue weighted by molar-refractivity contribution is 9.10. The molecule has 174 valence electrons. The van der Waals surface area contributed by atoms with Gasteiger partial charge >= 0.3 is 5.97 Å². The van der Waals surface area contributed by atoms with Crippen molar-refractivity contribution in [3.8, 4) is 11.5 Å². The Morgan fingerprint density at radius 1 is 1.30 bits per heavy atom. The molecule has 0 amide bonds. The summed E-state index contributed by atoms with van der Waals surface area (Å²) in [4.78, 5) is 29.4. The van der Waals surface area contributed by atoms with E-state index in [4.69, 9.17) is 21.1 Å². The van der Waals surface area contributed by atoms with Crippen LogP contribution in [-0.2, 0) is 16.0 Å². The summed E-state index contributed by atoms with van der Waals surface area (Å²) in [7, 11) is 2.71. The maximum Gasteiger partial charge on any atom is 0.346 e. The van der Waals surface area contributed by atoms with E-state index in [1.165, 1.54) is 32.0 Å². The number of halogens is 3. The van der Waals surface area contributed by atoms with E-state index in [-0.39, 0.29) is 22.1 Å².